The maximum atomic E-state index is 16.9. The van der Waals surface area contributed by atoms with Gasteiger partial charge >= 0.3 is 6.01 Å². The Morgan fingerprint density at radius 3 is 2.65 bits per heavy atom. The van der Waals surface area contributed by atoms with Crippen LogP contribution in [0.15, 0.2) is 30.5 Å². The van der Waals surface area contributed by atoms with E-state index in [4.69, 9.17) is 16.1 Å². The second-order valence-electron chi connectivity index (χ2n) is 14.9. The first-order valence-electron chi connectivity index (χ1n) is 17.4. The number of rotatable bonds is 6. The van der Waals surface area contributed by atoms with Crippen LogP contribution in [0.3, 0.4) is 0 Å². The molecule has 2 aliphatic carbocycles. The van der Waals surface area contributed by atoms with Gasteiger partial charge in [-0.25, -0.2) is 8.78 Å². The number of hydrogen-bond donors (Lipinski definition) is 3. The molecule has 0 radical (unpaired) electrons. The minimum absolute atomic E-state index is 0.0282. The molecule has 0 amide bonds. The summed E-state index contributed by atoms with van der Waals surface area (Å²) in [5.41, 5.74) is -1.14. The Kier molecular flexibility index (Phi) is 7.89. The zero-order valence-electron chi connectivity index (χ0n) is 27.6. The van der Waals surface area contributed by atoms with Gasteiger partial charge in [-0.05, 0) is 88.4 Å². The van der Waals surface area contributed by atoms with Crippen molar-refractivity contribution >= 4 is 27.5 Å². The third-order valence-electron chi connectivity index (χ3n) is 11.5. The molecule has 2 aromatic heterocycles. The van der Waals surface area contributed by atoms with Gasteiger partial charge in [0, 0.05) is 47.7 Å². The Morgan fingerprint density at radius 1 is 1.08 bits per heavy atom. The molecule has 4 fully saturated rings. The molecule has 9 nitrogen and oxygen atoms in total. The molecule has 2 saturated carbocycles. The summed E-state index contributed by atoms with van der Waals surface area (Å²) < 4.78 is 38.3. The van der Waals surface area contributed by atoms with E-state index in [1.165, 1.54) is 30.5 Å². The third kappa shape index (κ3) is 5.54. The maximum absolute atomic E-state index is 16.9. The van der Waals surface area contributed by atoms with E-state index in [1.807, 2.05) is 4.90 Å². The van der Waals surface area contributed by atoms with Crippen LogP contribution in [0.2, 0.25) is 0 Å². The predicted molar refractivity (Wildman–Crippen MR) is 182 cm³/mol. The summed E-state index contributed by atoms with van der Waals surface area (Å²) in [6.45, 7) is 4.07. The van der Waals surface area contributed by atoms with Gasteiger partial charge in [-0.3, -0.25) is 9.88 Å². The highest BCUT2D eigenvalue weighted by molar-refractivity contribution is 6.03. The van der Waals surface area contributed by atoms with Crippen LogP contribution < -0.4 is 9.64 Å². The summed E-state index contributed by atoms with van der Waals surface area (Å²) in [5.74, 6) is 1.23. The third-order valence-corrected chi connectivity index (χ3v) is 11.5. The van der Waals surface area contributed by atoms with E-state index in [0.29, 0.717) is 48.2 Å². The van der Waals surface area contributed by atoms with Crippen LogP contribution in [0.5, 0.6) is 11.8 Å². The van der Waals surface area contributed by atoms with Crippen LogP contribution in [0, 0.1) is 29.4 Å². The minimum atomic E-state index is -0.963. The van der Waals surface area contributed by atoms with Crippen molar-refractivity contribution in [1.82, 2.24) is 19.9 Å². The molecule has 0 bridgehead atoms. The number of hydrogen-bond acceptors (Lipinski definition) is 9. The number of likely N-dealkylation sites (tertiary alicyclic amines) is 1. The van der Waals surface area contributed by atoms with Crippen molar-refractivity contribution in [3.05, 3.63) is 47.7 Å². The van der Waals surface area contributed by atoms with Crippen molar-refractivity contribution in [3.63, 3.8) is 0 Å². The highest BCUT2D eigenvalue weighted by atomic mass is 19.1. The molecule has 2 saturated heterocycles. The summed E-state index contributed by atoms with van der Waals surface area (Å²) in [5, 5.41) is 32.6. The van der Waals surface area contributed by atoms with Crippen LogP contribution in [0.25, 0.3) is 32.9 Å². The number of terminal acetylenes is 1. The Hall–Kier alpha value is -4.11. The molecule has 4 aliphatic rings. The summed E-state index contributed by atoms with van der Waals surface area (Å²) in [6.07, 6.45) is 15.2. The van der Waals surface area contributed by atoms with E-state index >= 15 is 4.39 Å². The number of nitrogens with zero attached hydrogens (tertiary/aromatic N) is 5. The SMILES string of the molecule is C#Cc1c(F)ccc2cc(O)cc(-c3ncc4c(N5CCC[C@@](C)(O)C5)nc(OC[C@]56CCC[C@H]5N(C5CC(O)C5)CCC6)nc4c3F)c12. The van der Waals surface area contributed by atoms with E-state index < -0.39 is 17.2 Å². The fourth-order valence-corrected chi connectivity index (χ4v) is 9.08. The van der Waals surface area contributed by atoms with Gasteiger partial charge < -0.3 is 25.0 Å². The number of fused-ring (bicyclic) bond motifs is 3. The number of phenols is 1. The predicted octanol–water partition coefficient (Wildman–Crippen LogP) is 5.70. The minimum Gasteiger partial charge on any atom is -0.508 e. The Balaban J connectivity index is 1.23. The lowest BCUT2D eigenvalue weighted by atomic mass is 9.73. The lowest BCUT2D eigenvalue weighted by molar-refractivity contribution is -0.0740. The molecule has 3 N–H and O–H groups in total. The number of halogens is 2. The van der Waals surface area contributed by atoms with E-state index in [0.717, 1.165) is 57.9 Å². The maximum Gasteiger partial charge on any atom is 0.319 e. The zero-order chi connectivity index (χ0) is 34.1. The van der Waals surface area contributed by atoms with Gasteiger partial charge in [0.1, 0.15) is 28.6 Å². The summed E-state index contributed by atoms with van der Waals surface area (Å²) in [4.78, 5) is 18.5. The van der Waals surface area contributed by atoms with Gasteiger partial charge in [-0.1, -0.05) is 18.4 Å². The molecule has 4 aromatic rings. The molecule has 3 atom stereocenters. The van der Waals surface area contributed by atoms with Crippen LogP contribution in [-0.2, 0) is 0 Å². The fraction of sp³-hybridized carbons (Fsp3) is 0.500. The molecule has 0 unspecified atom stereocenters. The quantitative estimate of drug-likeness (QED) is 0.223. The Bertz CT molecular complexity index is 1990. The number of benzene rings is 2. The van der Waals surface area contributed by atoms with Crippen molar-refractivity contribution in [2.75, 3.05) is 31.1 Å². The van der Waals surface area contributed by atoms with Crippen molar-refractivity contribution in [2.24, 2.45) is 5.41 Å². The summed E-state index contributed by atoms with van der Waals surface area (Å²) >= 11 is 0. The highest BCUT2D eigenvalue weighted by Gasteiger charge is 2.51. The summed E-state index contributed by atoms with van der Waals surface area (Å²) in [7, 11) is 0. The van der Waals surface area contributed by atoms with Gasteiger partial charge in [0.15, 0.2) is 5.82 Å². The number of ether oxygens (including phenoxy) is 1. The molecule has 8 rings (SSSR count). The molecular weight excluding hydrogens is 628 g/mol. The average molecular weight is 670 g/mol. The first-order valence-corrected chi connectivity index (χ1v) is 17.4. The number of aromatic nitrogens is 3. The van der Waals surface area contributed by atoms with Crippen LogP contribution >= 0.6 is 0 Å². The normalized spacial score (nSPS) is 28.7. The molecule has 11 heteroatoms. The average Bonchev–Trinajstić information content (AvgIpc) is 3.50. The highest BCUT2D eigenvalue weighted by Crippen LogP contribution is 2.50. The molecular formula is C38H41F2N5O4. The topological polar surface area (TPSA) is 115 Å². The molecule has 4 heterocycles. The van der Waals surface area contributed by atoms with Crippen LogP contribution in [-0.4, -0.2) is 85.2 Å². The molecule has 2 aromatic carbocycles. The van der Waals surface area contributed by atoms with E-state index in [2.05, 4.69) is 20.8 Å². The lowest BCUT2D eigenvalue weighted by Crippen LogP contribution is -2.59. The van der Waals surface area contributed by atoms with Crippen LogP contribution in [0.4, 0.5) is 14.6 Å². The van der Waals surface area contributed by atoms with E-state index in [9.17, 15) is 19.7 Å². The number of aliphatic hydroxyl groups excluding tert-OH is 1. The standard InChI is InChI=1S/C38H41F2N5O4/c1-3-26-29(39)9-8-22-15-24(46)18-27(31(22)26)33-32(40)34-28(19-41-33)35(44-13-5-10-37(2,48)20-44)43-36(42-34)49-21-38-11-4-7-30(38)45(14-6-12-38)23-16-25(47)17-23/h1,8-9,15,18-19,23,25,30,46-48H,4-7,10-14,16-17,20-21H2,2H3/t23?,25?,30-,37-,38-/m1/s1. The molecule has 0 spiro atoms. The largest absolute Gasteiger partial charge is 0.508 e. The molecule has 49 heavy (non-hydrogen) atoms. The van der Waals surface area contributed by atoms with Crippen molar-refractivity contribution < 1.29 is 28.8 Å². The first-order chi connectivity index (χ1) is 23.6. The van der Waals surface area contributed by atoms with E-state index in [1.54, 1.807) is 6.92 Å². The number of pyridine rings is 1. The number of aromatic hydroxyl groups is 1. The van der Waals surface area contributed by atoms with Gasteiger partial charge in [-0.2, -0.15) is 9.97 Å². The first kappa shape index (κ1) is 32.1. The number of piperidine rings is 2. The van der Waals surface area contributed by atoms with Crippen LogP contribution in [0.1, 0.15) is 70.3 Å². The fourth-order valence-electron chi connectivity index (χ4n) is 9.08. The smallest absolute Gasteiger partial charge is 0.319 e. The van der Waals surface area contributed by atoms with Crippen molar-refractivity contribution in [3.8, 4) is 35.4 Å². The lowest BCUT2D eigenvalue weighted by Gasteiger charge is -2.52. The monoisotopic (exact) mass is 669 g/mol. The number of phenolic OH excluding ortho intramolecular Hbond substituents is 1. The number of anilines is 1. The van der Waals surface area contributed by atoms with Gasteiger partial charge in [0.2, 0.25) is 0 Å². The zero-order valence-corrected chi connectivity index (χ0v) is 27.6. The molecule has 256 valence electrons. The van der Waals surface area contributed by atoms with Crippen molar-refractivity contribution in [2.45, 2.75) is 88.5 Å². The second-order valence-corrected chi connectivity index (χ2v) is 14.9. The van der Waals surface area contributed by atoms with Gasteiger partial charge in [0.25, 0.3) is 0 Å². The summed E-state index contributed by atoms with van der Waals surface area (Å²) in [6, 6.07) is 6.25. The number of aliphatic hydroxyl groups is 2. The van der Waals surface area contributed by atoms with Gasteiger partial charge in [-0.15, -0.1) is 6.42 Å². The van der Waals surface area contributed by atoms with E-state index in [-0.39, 0.29) is 57.5 Å². The van der Waals surface area contributed by atoms with Gasteiger partial charge in [0.05, 0.1) is 29.3 Å². The second kappa shape index (κ2) is 12.0. The molecule has 2 aliphatic heterocycles. The Morgan fingerprint density at radius 2 is 1.88 bits per heavy atom. The Labute approximate surface area is 283 Å². The number of β-amino-alcohol motifs (C(OH)–C–C–N with tert-alkyl or cyclic N) is 1. The van der Waals surface area contributed by atoms with Crippen molar-refractivity contribution in [1.29, 1.82) is 0 Å².